The molecule has 0 aliphatic carbocycles. The van der Waals surface area contributed by atoms with Crippen LogP contribution in [0.5, 0.6) is 0 Å². The van der Waals surface area contributed by atoms with E-state index in [9.17, 15) is 0 Å². The summed E-state index contributed by atoms with van der Waals surface area (Å²) in [6.45, 7) is 9.71. The summed E-state index contributed by atoms with van der Waals surface area (Å²) in [5.41, 5.74) is 2.38. The van der Waals surface area contributed by atoms with Crippen LogP contribution in [0, 0.1) is 19.8 Å². The lowest BCUT2D eigenvalue weighted by atomic mass is 9.85. The number of hydrogen-bond acceptors (Lipinski definition) is 4. The molecule has 1 fully saturated rings. The quantitative estimate of drug-likeness (QED) is 0.290. The maximum Gasteiger partial charge on any atom is 0.191 e. The van der Waals surface area contributed by atoms with Crippen LogP contribution in [0.2, 0.25) is 5.02 Å². The number of hydrogen-bond donors (Lipinski definition) is 2. The largest absolute Gasteiger partial charge is 0.357 e. The van der Waals surface area contributed by atoms with Gasteiger partial charge in [0.25, 0.3) is 0 Å². The van der Waals surface area contributed by atoms with E-state index in [-0.39, 0.29) is 24.0 Å². The summed E-state index contributed by atoms with van der Waals surface area (Å²) in [4.78, 5) is 13.0. The lowest BCUT2D eigenvalue weighted by Gasteiger charge is -2.40. The molecule has 2 N–H and O–H groups in total. The van der Waals surface area contributed by atoms with E-state index >= 15 is 0 Å². The first-order valence-electron chi connectivity index (χ1n) is 10.4. The van der Waals surface area contributed by atoms with Crippen molar-refractivity contribution in [2.75, 3.05) is 26.7 Å². The van der Waals surface area contributed by atoms with Gasteiger partial charge in [-0.15, -0.1) is 35.3 Å². The molecule has 0 saturated carbocycles. The van der Waals surface area contributed by atoms with Crippen LogP contribution in [0.3, 0.4) is 0 Å². The summed E-state index contributed by atoms with van der Waals surface area (Å²) < 4.78 is 0. The van der Waals surface area contributed by atoms with Gasteiger partial charge < -0.3 is 10.6 Å². The Morgan fingerprint density at radius 1 is 1.33 bits per heavy atom. The molecule has 0 spiro atoms. The third-order valence-electron chi connectivity index (χ3n) is 5.45. The molecule has 2 atom stereocenters. The van der Waals surface area contributed by atoms with Gasteiger partial charge in [-0.05, 0) is 70.8 Å². The number of aromatic nitrogens is 1. The molecule has 5 nitrogen and oxygen atoms in total. The van der Waals surface area contributed by atoms with E-state index in [4.69, 9.17) is 16.6 Å². The van der Waals surface area contributed by atoms with Crippen LogP contribution in [0.1, 0.15) is 46.9 Å². The van der Waals surface area contributed by atoms with Gasteiger partial charge in [0.05, 0.1) is 17.2 Å². The molecule has 2 unspecified atom stereocenters. The van der Waals surface area contributed by atoms with Crippen molar-refractivity contribution in [3.05, 3.63) is 50.4 Å². The number of benzene rings is 1. The number of aryl methyl sites for hydroxylation is 2. The average Bonchev–Trinajstić information content (AvgIpc) is 3.01. The number of piperidine rings is 1. The maximum atomic E-state index is 6.27. The van der Waals surface area contributed by atoms with E-state index in [0.717, 1.165) is 41.3 Å². The van der Waals surface area contributed by atoms with Gasteiger partial charge in [-0.1, -0.05) is 23.7 Å². The van der Waals surface area contributed by atoms with Crippen LogP contribution in [0.25, 0.3) is 0 Å². The van der Waals surface area contributed by atoms with Gasteiger partial charge in [-0.2, -0.15) is 0 Å². The van der Waals surface area contributed by atoms with Crippen molar-refractivity contribution in [2.45, 2.75) is 46.2 Å². The predicted octanol–water partition coefficient (Wildman–Crippen LogP) is 5.17. The van der Waals surface area contributed by atoms with E-state index in [1.165, 1.54) is 23.3 Å². The Morgan fingerprint density at radius 3 is 2.80 bits per heavy atom. The topological polar surface area (TPSA) is 52.6 Å². The first-order chi connectivity index (χ1) is 14.0. The van der Waals surface area contributed by atoms with Crippen LogP contribution >= 0.6 is 46.9 Å². The summed E-state index contributed by atoms with van der Waals surface area (Å²) >= 11 is 8.00. The molecule has 2 heterocycles. The van der Waals surface area contributed by atoms with E-state index in [2.05, 4.69) is 59.6 Å². The Bertz CT molecular complexity index is 841. The molecule has 1 aliphatic rings. The monoisotopic (exact) mass is 561 g/mol. The Kier molecular flexibility index (Phi) is 10.3. The van der Waals surface area contributed by atoms with Crippen LogP contribution in [0.15, 0.2) is 29.3 Å². The fourth-order valence-corrected chi connectivity index (χ4v) is 5.19. The standard InChI is InChI=1S/C22H32ClN5S.HI/c1-5-24-22(26-14-20-15(2)27-16(3)29-20)25-13-18-9-7-11-28(4)21(18)17-8-6-10-19(23)12-17;/h6,8,10,12,18,21H,5,7,9,11,13-14H2,1-4H3,(H2,24,25,26);1H. The molecular formula is C22H33ClIN5S. The van der Waals surface area contributed by atoms with Crippen LogP contribution < -0.4 is 10.6 Å². The smallest absolute Gasteiger partial charge is 0.191 e. The zero-order chi connectivity index (χ0) is 20.8. The molecule has 8 heteroatoms. The number of nitrogens with zero attached hydrogens (tertiary/aromatic N) is 3. The van der Waals surface area contributed by atoms with E-state index in [1.807, 2.05) is 13.0 Å². The van der Waals surface area contributed by atoms with Gasteiger partial charge >= 0.3 is 0 Å². The SMILES string of the molecule is CCNC(=NCc1sc(C)nc1C)NCC1CCCN(C)C1c1cccc(Cl)c1.I. The van der Waals surface area contributed by atoms with Gasteiger partial charge in [0, 0.05) is 29.0 Å². The van der Waals surface area contributed by atoms with Crippen molar-refractivity contribution in [1.82, 2.24) is 20.5 Å². The van der Waals surface area contributed by atoms with Crippen molar-refractivity contribution in [3.63, 3.8) is 0 Å². The van der Waals surface area contributed by atoms with Crippen LogP contribution in [-0.2, 0) is 6.54 Å². The molecule has 166 valence electrons. The van der Waals surface area contributed by atoms with Gasteiger partial charge in [0.1, 0.15) is 0 Å². The molecular weight excluding hydrogens is 529 g/mol. The fraction of sp³-hybridized carbons (Fsp3) is 0.545. The van der Waals surface area contributed by atoms with E-state index < -0.39 is 0 Å². The lowest BCUT2D eigenvalue weighted by molar-refractivity contribution is 0.122. The minimum atomic E-state index is 0. The van der Waals surface area contributed by atoms with Gasteiger partial charge in [-0.25, -0.2) is 9.98 Å². The molecule has 0 amide bonds. The summed E-state index contributed by atoms with van der Waals surface area (Å²) in [5, 5.41) is 8.87. The van der Waals surface area contributed by atoms with Gasteiger partial charge in [0.15, 0.2) is 5.96 Å². The van der Waals surface area contributed by atoms with Crippen molar-refractivity contribution >= 4 is 52.9 Å². The van der Waals surface area contributed by atoms with Crippen molar-refractivity contribution < 1.29 is 0 Å². The summed E-state index contributed by atoms with van der Waals surface area (Å²) in [6.07, 6.45) is 2.41. The third-order valence-corrected chi connectivity index (χ3v) is 6.75. The number of halogens is 2. The van der Waals surface area contributed by atoms with Crippen molar-refractivity contribution in [3.8, 4) is 0 Å². The highest BCUT2D eigenvalue weighted by Gasteiger charge is 2.30. The minimum absolute atomic E-state index is 0. The number of guanidine groups is 1. The molecule has 1 aromatic heterocycles. The second-order valence-electron chi connectivity index (χ2n) is 7.70. The number of aliphatic imine (C=N–C) groups is 1. The number of rotatable bonds is 6. The Balaban J connectivity index is 0.00000320. The predicted molar refractivity (Wildman–Crippen MR) is 139 cm³/mol. The fourth-order valence-electron chi connectivity index (χ4n) is 4.13. The first kappa shape index (κ1) is 25.4. The van der Waals surface area contributed by atoms with Crippen LogP contribution in [0.4, 0.5) is 0 Å². The number of nitrogens with one attached hydrogen (secondary N) is 2. The molecule has 1 aromatic carbocycles. The van der Waals surface area contributed by atoms with Gasteiger partial charge in [-0.3, -0.25) is 4.90 Å². The van der Waals surface area contributed by atoms with Crippen molar-refractivity contribution in [2.24, 2.45) is 10.9 Å². The maximum absolute atomic E-state index is 6.27. The zero-order valence-electron chi connectivity index (χ0n) is 18.2. The molecule has 0 radical (unpaired) electrons. The molecule has 0 bridgehead atoms. The first-order valence-corrected chi connectivity index (χ1v) is 11.6. The third kappa shape index (κ3) is 6.80. The highest BCUT2D eigenvalue weighted by atomic mass is 127. The highest BCUT2D eigenvalue weighted by Crippen LogP contribution is 2.35. The summed E-state index contributed by atoms with van der Waals surface area (Å²) in [6, 6.07) is 8.66. The molecule has 1 aliphatic heterocycles. The molecule has 30 heavy (non-hydrogen) atoms. The summed E-state index contributed by atoms with van der Waals surface area (Å²) in [7, 11) is 2.21. The summed E-state index contributed by atoms with van der Waals surface area (Å²) in [5.74, 6) is 1.37. The Morgan fingerprint density at radius 2 is 2.13 bits per heavy atom. The Hall–Kier alpha value is -0.900. The Labute approximate surface area is 206 Å². The second-order valence-corrected chi connectivity index (χ2v) is 9.42. The molecule has 2 aromatic rings. The van der Waals surface area contributed by atoms with Gasteiger partial charge in [0.2, 0.25) is 0 Å². The van der Waals surface area contributed by atoms with Crippen molar-refractivity contribution in [1.29, 1.82) is 0 Å². The minimum Gasteiger partial charge on any atom is -0.357 e. The average molecular weight is 562 g/mol. The highest BCUT2D eigenvalue weighted by molar-refractivity contribution is 14.0. The second kappa shape index (κ2) is 12.2. The molecule has 3 rings (SSSR count). The van der Waals surface area contributed by atoms with Crippen LogP contribution in [-0.4, -0.2) is 42.5 Å². The number of thiazole rings is 1. The molecule has 1 saturated heterocycles. The van der Waals surface area contributed by atoms with E-state index in [0.29, 0.717) is 18.5 Å². The number of likely N-dealkylation sites (tertiary alicyclic amines) is 1. The van der Waals surface area contributed by atoms with E-state index in [1.54, 1.807) is 11.3 Å². The normalized spacial score (nSPS) is 20.0. The lowest BCUT2D eigenvalue weighted by Crippen LogP contribution is -2.45. The zero-order valence-corrected chi connectivity index (χ0v) is 22.1.